The molecule has 0 aromatic heterocycles. The highest BCUT2D eigenvalue weighted by Crippen LogP contribution is 2.31. The Labute approximate surface area is 180 Å². The summed E-state index contributed by atoms with van der Waals surface area (Å²) in [7, 11) is 1.35. The number of amides is 1. The molecule has 166 valence electrons. The largest absolute Gasteiger partial charge is 0.490 e. The first-order valence-electron chi connectivity index (χ1n) is 10.4. The monoisotopic (exact) mass is 417 g/mol. The topological polar surface area (TPSA) is 65.1 Å². The lowest BCUT2D eigenvalue weighted by Gasteiger charge is -2.34. The first kappa shape index (κ1) is 23.8. The van der Waals surface area contributed by atoms with Crippen LogP contribution in [0.25, 0.3) is 6.08 Å². The minimum atomic E-state index is -0.501. The van der Waals surface area contributed by atoms with Gasteiger partial charge >= 0.3 is 12.1 Å². The molecule has 1 aliphatic heterocycles. The maximum Gasteiger partial charge on any atom is 0.410 e. The Bertz CT molecular complexity index is 778. The standard InChI is InChI=1S/C24H35NO5/c1-23(2,3)18-10-8-17(9-11-21(26)28-7)20(16-18)29-19-12-14-25(15-13-19)22(27)30-24(4,5)6/h8-11,16,19H,12-15H2,1-7H3/b11-9+. The van der Waals surface area contributed by atoms with Crippen molar-refractivity contribution in [3.63, 3.8) is 0 Å². The predicted molar refractivity (Wildman–Crippen MR) is 118 cm³/mol. The van der Waals surface area contributed by atoms with Crippen molar-refractivity contribution in [2.24, 2.45) is 0 Å². The molecule has 2 rings (SSSR count). The summed E-state index contributed by atoms with van der Waals surface area (Å²) in [5.41, 5.74) is 1.45. The molecular weight excluding hydrogens is 382 g/mol. The molecule has 0 aliphatic carbocycles. The number of benzene rings is 1. The van der Waals surface area contributed by atoms with Crippen molar-refractivity contribution in [2.45, 2.75) is 71.5 Å². The minimum Gasteiger partial charge on any atom is -0.490 e. The van der Waals surface area contributed by atoms with E-state index < -0.39 is 11.6 Å². The maximum atomic E-state index is 12.3. The quantitative estimate of drug-likeness (QED) is 0.512. The third-order valence-electron chi connectivity index (χ3n) is 4.87. The van der Waals surface area contributed by atoms with Gasteiger partial charge in [-0.1, -0.05) is 32.9 Å². The highest BCUT2D eigenvalue weighted by Gasteiger charge is 2.28. The van der Waals surface area contributed by atoms with E-state index >= 15 is 0 Å². The Morgan fingerprint density at radius 3 is 2.23 bits per heavy atom. The summed E-state index contributed by atoms with van der Waals surface area (Å²) in [6, 6.07) is 6.05. The van der Waals surface area contributed by atoms with E-state index in [2.05, 4.69) is 26.8 Å². The lowest BCUT2D eigenvalue weighted by atomic mass is 9.86. The number of hydrogen-bond donors (Lipinski definition) is 0. The van der Waals surface area contributed by atoms with Crippen molar-refractivity contribution in [2.75, 3.05) is 20.2 Å². The van der Waals surface area contributed by atoms with Crippen LogP contribution in [0.1, 0.15) is 65.5 Å². The highest BCUT2D eigenvalue weighted by molar-refractivity contribution is 5.87. The zero-order chi connectivity index (χ0) is 22.5. The molecule has 1 saturated heterocycles. The van der Waals surface area contributed by atoms with Crippen molar-refractivity contribution >= 4 is 18.1 Å². The first-order chi connectivity index (χ1) is 13.9. The normalized spacial score (nSPS) is 15.9. The van der Waals surface area contributed by atoms with Crippen molar-refractivity contribution in [3.8, 4) is 5.75 Å². The third-order valence-corrected chi connectivity index (χ3v) is 4.87. The van der Waals surface area contributed by atoms with Crippen molar-refractivity contribution < 1.29 is 23.8 Å². The lowest BCUT2D eigenvalue weighted by molar-refractivity contribution is -0.134. The van der Waals surface area contributed by atoms with E-state index in [1.165, 1.54) is 13.2 Å². The number of rotatable bonds is 4. The second kappa shape index (κ2) is 9.54. The molecule has 1 aromatic rings. The summed E-state index contributed by atoms with van der Waals surface area (Å²) in [5, 5.41) is 0. The molecule has 6 heteroatoms. The maximum absolute atomic E-state index is 12.3. The van der Waals surface area contributed by atoms with Gasteiger partial charge in [0.05, 0.1) is 7.11 Å². The van der Waals surface area contributed by atoms with Gasteiger partial charge in [-0.3, -0.25) is 0 Å². The molecule has 1 fully saturated rings. The second-order valence-corrected chi connectivity index (χ2v) is 9.64. The van der Waals surface area contributed by atoms with Crippen LogP contribution in [0.2, 0.25) is 0 Å². The van der Waals surface area contributed by atoms with Gasteiger partial charge < -0.3 is 19.1 Å². The summed E-state index contributed by atoms with van der Waals surface area (Å²) >= 11 is 0. The van der Waals surface area contributed by atoms with E-state index in [0.717, 1.165) is 29.7 Å². The Hall–Kier alpha value is -2.50. The van der Waals surface area contributed by atoms with Gasteiger partial charge in [0.1, 0.15) is 17.5 Å². The van der Waals surface area contributed by atoms with Gasteiger partial charge in [-0.05, 0) is 43.9 Å². The molecule has 6 nitrogen and oxygen atoms in total. The van der Waals surface area contributed by atoms with Gasteiger partial charge in [-0.25, -0.2) is 9.59 Å². The van der Waals surface area contributed by atoms with E-state index in [4.69, 9.17) is 14.2 Å². The zero-order valence-corrected chi connectivity index (χ0v) is 19.3. The number of methoxy groups -OCH3 is 1. The van der Waals surface area contributed by atoms with Gasteiger partial charge in [-0.2, -0.15) is 0 Å². The average Bonchev–Trinajstić information content (AvgIpc) is 2.65. The summed E-state index contributed by atoms with van der Waals surface area (Å²) in [6.45, 7) is 13.2. The SMILES string of the molecule is COC(=O)/C=C/c1ccc(C(C)(C)C)cc1OC1CCN(C(=O)OC(C)(C)C)CC1. The van der Waals surface area contributed by atoms with Crippen LogP contribution in [0.15, 0.2) is 24.3 Å². The predicted octanol–water partition coefficient (Wildman–Crippen LogP) is 4.95. The number of piperidine rings is 1. The number of ether oxygens (including phenoxy) is 3. The fraction of sp³-hybridized carbons (Fsp3) is 0.583. The molecule has 30 heavy (non-hydrogen) atoms. The Morgan fingerprint density at radius 2 is 1.70 bits per heavy atom. The fourth-order valence-electron chi connectivity index (χ4n) is 3.13. The van der Waals surface area contributed by atoms with Crippen LogP contribution >= 0.6 is 0 Å². The Balaban J connectivity index is 2.12. The number of carbonyl (C=O) groups excluding carboxylic acids is 2. The van der Waals surface area contributed by atoms with Crippen molar-refractivity contribution in [1.82, 2.24) is 4.90 Å². The smallest absolute Gasteiger partial charge is 0.410 e. The molecule has 0 radical (unpaired) electrons. The van der Waals surface area contributed by atoms with Gasteiger partial charge in [0.15, 0.2) is 0 Å². The number of carbonyl (C=O) groups is 2. The van der Waals surface area contributed by atoms with Crippen LogP contribution in [0.3, 0.4) is 0 Å². The molecule has 1 heterocycles. The molecule has 0 atom stereocenters. The zero-order valence-electron chi connectivity index (χ0n) is 19.3. The average molecular weight is 418 g/mol. The van der Waals surface area contributed by atoms with Crippen LogP contribution in [0.4, 0.5) is 4.79 Å². The van der Waals surface area contributed by atoms with Crippen LogP contribution in [0, 0.1) is 0 Å². The first-order valence-corrected chi connectivity index (χ1v) is 10.4. The second-order valence-electron chi connectivity index (χ2n) is 9.64. The summed E-state index contributed by atoms with van der Waals surface area (Å²) < 4.78 is 16.5. The highest BCUT2D eigenvalue weighted by atomic mass is 16.6. The summed E-state index contributed by atoms with van der Waals surface area (Å²) in [4.78, 5) is 25.5. The van der Waals surface area contributed by atoms with Crippen LogP contribution in [0.5, 0.6) is 5.75 Å². The van der Waals surface area contributed by atoms with Crippen LogP contribution < -0.4 is 4.74 Å². The van der Waals surface area contributed by atoms with E-state index in [0.29, 0.717) is 13.1 Å². The number of esters is 1. The van der Waals surface area contributed by atoms with Gasteiger partial charge in [0.2, 0.25) is 0 Å². The van der Waals surface area contributed by atoms with Gasteiger partial charge in [0, 0.05) is 37.6 Å². The summed E-state index contributed by atoms with van der Waals surface area (Å²) in [5.74, 6) is 0.324. The number of hydrogen-bond acceptors (Lipinski definition) is 5. The fourth-order valence-corrected chi connectivity index (χ4v) is 3.13. The number of nitrogens with zero attached hydrogens (tertiary/aromatic N) is 1. The molecule has 0 spiro atoms. The molecule has 1 amide bonds. The van der Waals surface area contributed by atoms with Gasteiger partial charge in [-0.15, -0.1) is 0 Å². The van der Waals surface area contributed by atoms with E-state index in [9.17, 15) is 9.59 Å². The molecule has 0 saturated carbocycles. The van der Waals surface area contributed by atoms with Gasteiger partial charge in [0.25, 0.3) is 0 Å². The number of likely N-dealkylation sites (tertiary alicyclic amines) is 1. The lowest BCUT2D eigenvalue weighted by Crippen LogP contribution is -2.44. The van der Waals surface area contributed by atoms with Crippen LogP contribution in [-0.2, 0) is 19.7 Å². The molecule has 0 bridgehead atoms. The van der Waals surface area contributed by atoms with E-state index in [-0.39, 0.29) is 17.6 Å². The third kappa shape index (κ3) is 7.08. The van der Waals surface area contributed by atoms with Crippen molar-refractivity contribution in [3.05, 3.63) is 35.4 Å². The van der Waals surface area contributed by atoms with E-state index in [1.807, 2.05) is 32.9 Å². The molecule has 0 N–H and O–H groups in total. The molecule has 1 aromatic carbocycles. The molecule has 1 aliphatic rings. The Morgan fingerprint density at radius 1 is 1.07 bits per heavy atom. The Kier molecular flexibility index (Phi) is 7.56. The molecule has 0 unspecified atom stereocenters. The summed E-state index contributed by atoms with van der Waals surface area (Å²) in [6.07, 6.45) is 4.26. The van der Waals surface area contributed by atoms with Crippen molar-refractivity contribution in [1.29, 1.82) is 0 Å². The van der Waals surface area contributed by atoms with E-state index in [1.54, 1.807) is 11.0 Å². The van der Waals surface area contributed by atoms with Crippen LogP contribution in [-0.4, -0.2) is 48.9 Å². The minimum absolute atomic E-state index is 0.0100. The molecular formula is C24H35NO5.